The second-order valence-corrected chi connectivity index (χ2v) is 7.83. The minimum atomic E-state index is 0.168. The van der Waals surface area contributed by atoms with Gasteiger partial charge in [0.05, 0.1) is 11.8 Å². The van der Waals surface area contributed by atoms with E-state index in [0.29, 0.717) is 5.41 Å². The van der Waals surface area contributed by atoms with Crippen molar-refractivity contribution >= 4 is 17.2 Å². The van der Waals surface area contributed by atoms with Gasteiger partial charge >= 0.3 is 0 Å². The van der Waals surface area contributed by atoms with Crippen molar-refractivity contribution in [2.24, 2.45) is 5.41 Å². The summed E-state index contributed by atoms with van der Waals surface area (Å²) in [5, 5.41) is 8.98. The number of carbonyl (C=O) groups is 1. The molecule has 1 aliphatic rings. The molecule has 1 amide bonds. The topological polar surface area (TPSA) is 49.0 Å². The third kappa shape index (κ3) is 3.09. The summed E-state index contributed by atoms with van der Waals surface area (Å²) < 4.78 is 0. The minimum absolute atomic E-state index is 0.168. The van der Waals surface area contributed by atoms with Crippen molar-refractivity contribution in [1.82, 2.24) is 15.1 Å². The van der Waals surface area contributed by atoms with E-state index in [9.17, 15) is 4.79 Å². The molecule has 4 nitrogen and oxygen atoms in total. The van der Waals surface area contributed by atoms with Crippen molar-refractivity contribution in [3.8, 4) is 10.4 Å². The van der Waals surface area contributed by atoms with Crippen LogP contribution in [0.5, 0.6) is 0 Å². The molecule has 3 rings (SSSR count). The van der Waals surface area contributed by atoms with Crippen LogP contribution in [0.3, 0.4) is 0 Å². The van der Waals surface area contributed by atoms with Crippen molar-refractivity contribution in [2.75, 3.05) is 13.1 Å². The third-order valence-electron chi connectivity index (χ3n) is 4.57. The molecule has 0 radical (unpaired) electrons. The van der Waals surface area contributed by atoms with Crippen LogP contribution < -0.4 is 0 Å². The van der Waals surface area contributed by atoms with Crippen LogP contribution in [-0.2, 0) is 0 Å². The molecule has 1 N–H and O–H groups in total. The van der Waals surface area contributed by atoms with Crippen LogP contribution in [0.4, 0.5) is 0 Å². The van der Waals surface area contributed by atoms with Gasteiger partial charge in [-0.15, -0.1) is 11.3 Å². The number of aromatic nitrogens is 2. The van der Waals surface area contributed by atoms with E-state index in [-0.39, 0.29) is 5.91 Å². The minimum Gasteiger partial charge on any atom is -0.339 e. The molecular weight excluding hydrogens is 294 g/mol. The van der Waals surface area contributed by atoms with Crippen LogP contribution >= 0.6 is 11.3 Å². The predicted molar refractivity (Wildman–Crippen MR) is 90.2 cm³/mol. The fraction of sp³-hybridized carbons (Fsp3) is 0.529. The number of amides is 1. The van der Waals surface area contributed by atoms with Gasteiger partial charge in [-0.2, -0.15) is 5.10 Å². The van der Waals surface area contributed by atoms with Gasteiger partial charge in [0.2, 0.25) is 0 Å². The fourth-order valence-electron chi connectivity index (χ4n) is 3.00. The van der Waals surface area contributed by atoms with Gasteiger partial charge in [-0.25, -0.2) is 0 Å². The smallest absolute Gasteiger partial charge is 0.254 e. The standard InChI is InChI=1S/C17H23N3OS/c1-12-14(10-18-19-12)15-9-13(11-22-15)16(21)20-7-4-5-17(2,3)6-8-20/h9-11H,4-8H2,1-3H3,(H,18,19). The number of thiophene rings is 1. The zero-order valence-corrected chi connectivity index (χ0v) is 14.3. The first-order valence-corrected chi connectivity index (χ1v) is 8.72. The van der Waals surface area contributed by atoms with Gasteiger partial charge in [-0.1, -0.05) is 13.8 Å². The normalized spacial score (nSPS) is 18.2. The second-order valence-electron chi connectivity index (χ2n) is 6.92. The molecule has 0 aliphatic carbocycles. The lowest BCUT2D eigenvalue weighted by atomic mass is 9.85. The Morgan fingerprint density at radius 2 is 2.18 bits per heavy atom. The summed E-state index contributed by atoms with van der Waals surface area (Å²) in [5.41, 5.74) is 3.28. The number of aromatic amines is 1. The molecule has 5 heteroatoms. The van der Waals surface area contributed by atoms with Gasteiger partial charge in [-0.05, 0) is 37.7 Å². The lowest BCUT2D eigenvalue weighted by molar-refractivity contribution is 0.0758. The summed E-state index contributed by atoms with van der Waals surface area (Å²) >= 11 is 1.61. The van der Waals surface area contributed by atoms with E-state index in [1.807, 2.05) is 29.5 Å². The molecule has 0 bridgehead atoms. The summed E-state index contributed by atoms with van der Waals surface area (Å²) in [5.74, 6) is 0.168. The zero-order chi connectivity index (χ0) is 15.7. The molecule has 2 aromatic rings. The molecule has 0 atom stereocenters. The maximum atomic E-state index is 12.7. The molecular formula is C17H23N3OS. The number of hydrogen-bond donors (Lipinski definition) is 1. The molecule has 0 aromatic carbocycles. The highest BCUT2D eigenvalue weighted by atomic mass is 32.1. The molecule has 0 spiro atoms. The van der Waals surface area contributed by atoms with Gasteiger partial charge in [-0.3, -0.25) is 9.89 Å². The van der Waals surface area contributed by atoms with Crippen molar-refractivity contribution in [1.29, 1.82) is 0 Å². The summed E-state index contributed by atoms with van der Waals surface area (Å²) in [4.78, 5) is 15.9. The molecule has 1 saturated heterocycles. The molecule has 118 valence electrons. The van der Waals surface area contributed by atoms with Crippen molar-refractivity contribution in [2.45, 2.75) is 40.0 Å². The first kappa shape index (κ1) is 15.3. The van der Waals surface area contributed by atoms with E-state index < -0.39 is 0 Å². The predicted octanol–water partition coefficient (Wildman–Crippen LogP) is 4.10. The lowest BCUT2D eigenvalue weighted by Crippen LogP contribution is -2.32. The van der Waals surface area contributed by atoms with Gasteiger partial charge in [0.1, 0.15) is 0 Å². The number of carbonyl (C=O) groups excluding carboxylic acids is 1. The van der Waals surface area contributed by atoms with E-state index >= 15 is 0 Å². The molecule has 1 fully saturated rings. The monoisotopic (exact) mass is 317 g/mol. The number of nitrogens with zero attached hydrogens (tertiary/aromatic N) is 2. The van der Waals surface area contributed by atoms with Gasteiger partial charge in [0, 0.05) is 34.6 Å². The quantitative estimate of drug-likeness (QED) is 0.906. The summed E-state index contributed by atoms with van der Waals surface area (Å²) in [6.07, 6.45) is 5.19. The van der Waals surface area contributed by atoms with Crippen LogP contribution in [0.1, 0.15) is 49.2 Å². The zero-order valence-electron chi connectivity index (χ0n) is 13.5. The summed E-state index contributed by atoms with van der Waals surface area (Å²) in [6, 6.07) is 2.00. The number of hydrogen-bond acceptors (Lipinski definition) is 3. The third-order valence-corrected chi connectivity index (χ3v) is 5.53. The Hall–Kier alpha value is -1.62. The Morgan fingerprint density at radius 3 is 2.91 bits per heavy atom. The SMILES string of the molecule is Cc1[nH]ncc1-c1cc(C(=O)N2CCCC(C)(C)CC2)cs1. The van der Waals surface area contributed by atoms with E-state index in [0.717, 1.165) is 47.6 Å². The Bertz CT molecular complexity index is 671. The van der Waals surface area contributed by atoms with E-state index in [4.69, 9.17) is 0 Å². The van der Waals surface area contributed by atoms with Crippen molar-refractivity contribution < 1.29 is 4.79 Å². The first-order chi connectivity index (χ1) is 10.5. The number of likely N-dealkylation sites (tertiary alicyclic amines) is 1. The Morgan fingerprint density at radius 1 is 1.36 bits per heavy atom. The van der Waals surface area contributed by atoms with Crippen LogP contribution in [0, 0.1) is 12.3 Å². The largest absolute Gasteiger partial charge is 0.339 e. The van der Waals surface area contributed by atoms with E-state index in [1.54, 1.807) is 11.3 Å². The Balaban J connectivity index is 1.76. The van der Waals surface area contributed by atoms with Gasteiger partial charge in [0.25, 0.3) is 5.91 Å². The molecule has 1 aliphatic heterocycles. The van der Waals surface area contributed by atoms with Gasteiger partial charge in [0.15, 0.2) is 0 Å². The van der Waals surface area contributed by atoms with E-state index in [2.05, 4.69) is 24.0 Å². The van der Waals surface area contributed by atoms with Crippen LogP contribution in [0.25, 0.3) is 10.4 Å². The number of H-pyrrole nitrogens is 1. The van der Waals surface area contributed by atoms with Crippen molar-refractivity contribution in [3.05, 3.63) is 28.9 Å². The van der Waals surface area contributed by atoms with Gasteiger partial charge < -0.3 is 4.90 Å². The maximum Gasteiger partial charge on any atom is 0.254 e. The van der Waals surface area contributed by atoms with Crippen LogP contribution in [0.15, 0.2) is 17.6 Å². The highest BCUT2D eigenvalue weighted by molar-refractivity contribution is 7.13. The van der Waals surface area contributed by atoms with Crippen LogP contribution in [0.2, 0.25) is 0 Å². The maximum absolute atomic E-state index is 12.7. The van der Waals surface area contributed by atoms with Crippen molar-refractivity contribution in [3.63, 3.8) is 0 Å². The summed E-state index contributed by atoms with van der Waals surface area (Å²) in [6.45, 7) is 8.33. The number of aryl methyl sites for hydroxylation is 1. The average Bonchev–Trinajstić information content (AvgIpc) is 3.06. The highest BCUT2D eigenvalue weighted by Gasteiger charge is 2.26. The molecule has 0 saturated carbocycles. The number of rotatable bonds is 2. The Kier molecular flexibility index (Phi) is 4.08. The first-order valence-electron chi connectivity index (χ1n) is 7.84. The molecule has 3 heterocycles. The highest BCUT2D eigenvalue weighted by Crippen LogP contribution is 2.32. The lowest BCUT2D eigenvalue weighted by Gasteiger charge is -2.23. The molecule has 2 aromatic heterocycles. The van der Waals surface area contributed by atoms with Crippen LogP contribution in [-0.4, -0.2) is 34.1 Å². The molecule has 0 unspecified atom stereocenters. The second kappa shape index (κ2) is 5.88. The summed E-state index contributed by atoms with van der Waals surface area (Å²) in [7, 11) is 0. The fourth-order valence-corrected chi connectivity index (χ4v) is 3.95. The molecule has 22 heavy (non-hydrogen) atoms. The Labute approximate surface area is 135 Å². The van der Waals surface area contributed by atoms with E-state index in [1.165, 1.54) is 6.42 Å². The average molecular weight is 317 g/mol. The number of nitrogens with one attached hydrogen (secondary N) is 1.